The first-order valence-electron chi connectivity index (χ1n) is 9.07. The average molecular weight is 364 g/mol. The number of imidazole rings is 1. The average Bonchev–Trinajstić information content (AvgIpc) is 2.99. The number of rotatable bonds is 7. The molecule has 1 atom stereocenters. The summed E-state index contributed by atoms with van der Waals surface area (Å²) in [5.41, 5.74) is 2.82. The van der Waals surface area contributed by atoms with Crippen LogP contribution in [-0.4, -0.2) is 27.9 Å². The molecule has 27 heavy (non-hydrogen) atoms. The first-order valence-corrected chi connectivity index (χ1v) is 9.07. The van der Waals surface area contributed by atoms with Crippen molar-refractivity contribution in [3.05, 3.63) is 66.0 Å². The second-order valence-electron chi connectivity index (χ2n) is 6.54. The quantitative estimate of drug-likeness (QED) is 0.677. The lowest BCUT2D eigenvalue weighted by molar-refractivity contribution is -0.122. The minimum atomic E-state index is -0.0768. The summed E-state index contributed by atoms with van der Waals surface area (Å²) in [6.07, 6.45) is 0.565. The Kier molecular flexibility index (Phi) is 5.86. The number of nitrogens with one attached hydrogen (secondary N) is 2. The van der Waals surface area contributed by atoms with Crippen LogP contribution in [0.25, 0.3) is 11.0 Å². The van der Waals surface area contributed by atoms with Crippen LogP contribution in [0.4, 0.5) is 0 Å². The lowest BCUT2D eigenvalue weighted by Gasteiger charge is -2.16. The fourth-order valence-electron chi connectivity index (χ4n) is 3.10. The third kappa shape index (κ3) is 4.73. The van der Waals surface area contributed by atoms with Crippen LogP contribution in [-0.2, 0) is 22.6 Å². The number of carbonyl (C=O) groups excluding carboxylic acids is 2. The lowest BCUT2D eigenvalue weighted by Crippen LogP contribution is -2.31. The van der Waals surface area contributed by atoms with Gasteiger partial charge in [-0.25, -0.2) is 4.98 Å². The number of carbonyl (C=O) groups is 2. The van der Waals surface area contributed by atoms with Crippen LogP contribution in [0.1, 0.15) is 31.3 Å². The number of benzene rings is 2. The van der Waals surface area contributed by atoms with Crippen LogP contribution in [0, 0.1) is 0 Å². The van der Waals surface area contributed by atoms with Gasteiger partial charge in [-0.05, 0) is 24.6 Å². The van der Waals surface area contributed by atoms with Crippen molar-refractivity contribution >= 4 is 22.8 Å². The maximum absolute atomic E-state index is 12.6. The van der Waals surface area contributed by atoms with Crippen LogP contribution in [0.2, 0.25) is 0 Å². The molecular formula is C21H24N4O2. The van der Waals surface area contributed by atoms with Crippen LogP contribution >= 0.6 is 0 Å². The highest BCUT2D eigenvalue weighted by atomic mass is 16.2. The van der Waals surface area contributed by atoms with Gasteiger partial charge in [0.25, 0.3) is 0 Å². The molecule has 0 bridgehead atoms. The smallest absolute Gasteiger partial charge is 0.240 e. The van der Waals surface area contributed by atoms with Crippen LogP contribution in [0.15, 0.2) is 54.6 Å². The molecule has 2 aromatic carbocycles. The van der Waals surface area contributed by atoms with E-state index in [2.05, 4.69) is 15.6 Å². The Bertz CT molecular complexity index is 934. The molecule has 0 saturated carbocycles. The Labute approximate surface area is 158 Å². The molecule has 2 amide bonds. The van der Waals surface area contributed by atoms with Crippen molar-refractivity contribution < 1.29 is 9.59 Å². The number of hydrogen-bond acceptors (Lipinski definition) is 3. The number of aromatic nitrogens is 2. The van der Waals surface area contributed by atoms with E-state index in [4.69, 9.17) is 0 Å². The predicted molar refractivity (Wildman–Crippen MR) is 105 cm³/mol. The summed E-state index contributed by atoms with van der Waals surface area (Å²) in [5, 5.41) is 5.82. The Morgan fingerprint density at radius 2 is 1.78 bits per heavy atom. The second kappa shape index (κ2) is 8.49. The zero-order valence-corrected chi connectivity index (χ0v) is 15.6. The molecule has 6 nitrogen and oxygen atoms in total. The predicted octanol–water partition coefficient (Wildman–Crippen LogP) is 2.59. The van der Waals surface area contributed by atoms with Crippen molar-refractivity contribution in [1.29, 1.82) is 0 Å². The van der Waals surface area contributed by atoms with Gasteiger partial charge in [0.05, 0.1) is 17.1 Å². The van der Waals surface area contributed by atoms with Crippen LogP contribution < -0.4 is 10.6 Å². The van der Waals surface area contributed by atoms with Crippen molar-refractivity contribution in [1.82, 2.24) is 20.2 Å². The van der Waals surface area contributed by atoms with Gasteiger partial charge in [-0.2, -0.15) is 0 Å². The number of nitrogens with zero attached hydrogens (tertiary/aromatic N) is 2. The molecule has 3 aromatic rings. The van der Waals surface area contributed by atoms with Gasteiger partial charge in [0.2, 0.25) is 11.8 Å². The van der Waals surface area contributed by atoms with E-state index in [0.717, 1.165) is 22.4 Å². The Hall–Kier alpha value is -3.15. The summed E-state index contributed by atoms with van der Waals surface area (Å²) in [6.45, 7) is 4.13. The highest BCUT2D eigenvalue weighted by Gasteiger charge is 2.15. The molecule has 1 heterocycles. The molecule has 2 N–H and O–H groups in total. The Balaban J connectivity index is 1.76. The van der Waals surface area contributed by atoms with E-state index >= 15 is 0 Å². The lowest BCUT2D eigenvalue weighted by atomic mass is 10.1. The van der Waals surface area contributed by atoms with E-state index in [-0.39, 0.29) is 24.4 Å². The van der Waals surface area contributed by atoms with Crippen LogP contribution in [0.5, 0.6) is 0 Å². The standard InChI is InChI=1S/C21H24N4O2/c1-15(17-8-4-3-5-9-17)23-21(27)14-25-19-11-7-6-10-18(19)24-20(25)12-13-22-16(2)26/h3-11,15H,12-14H2,1-2H3,(H,22,26)(H,23,27). The van der Waals surface area contributed by atoms with Gasteiger partial charge >= 0.3 is 0 Å². The third-order valence-electron chi connectivity index (χ3n) is 4.43. The second-order valence-corrected chi connectivity index (χ2v) is 6.54. The molecule has 0 aliphatic rings. The molecule has 0 fully saturated rings. The van der Waals surface area contributed by atoms with Crippen molar-refractivity contribution in [3.8, 4) is 0 Å². The summed E-state index contributed by atoms with van der Waals surface area (Å²) in [5.74, 6) is 0.634. The van der Waals surface area contributed by atoms with Crippen molar-refractivity contribution in [2.75, 3.05) is 6.54 Å². The molecule has 3 rings (SSSR count). The molecule has 0 saturated heterocycles. The number of amides is 2. The maximum Gasteiger partial charge on any atom is 0.240 e. The highest BCUT2D eigenvalue weighted by molar-refractivity contribution is 5.81. The first-order chi connectivity index (χ1) is 13.0. The van der Waals surface area contributed by atoms with E-state index in [1.165, 1.54) is 6.92 Å². The molecule has 1 unspecified atom stereocenters. The molecule has 0 aliphatic carbocycles. The monoisotopic (exact) mass is 364 g/mol. The number of fused-ring (bicyclic) bond motifs is 1. The molecule has 1 aromatic heterocycles. The Morgan fingerprint density at radius 3 is 2.52 bits per heavy atom. The van der Waals surface area contributed by atoms with Gasteiger partial charge in [0, 0.05) is 19.9 Å². The molecule has 0 aliphatic heterocycles. The molecule has 140 valence electrons. The molecular weight excluding hydrogens is 340 g/mol. The van der Waals surface area contributed by atoms with E-state index in [9.17, 15) is 9.59 Å². The summed E-state index contributed by atoms with van der Waals surface area (Å²) >= 11 is 0. The van der Waals surface area contributed by atoms with E-state index < -0.39 is 0 Å². The molecule has 6 heteroatoms. The van der Waals surface area contributed by atoms with Gasteiger partial charge in [0.15, 0.2) is 0 Å². The molecule has 0 radical (unpaired) electrons. The number of para-hydroxylation sites is 2. The van der Waals surface area contributed by atoms with E-state index in [0.29, 0.717) is 13.0 Å². The topological polar surface area (TPSA) is 76.0 Å². The zero-order valence-electron chi connectivity index (χ0n) is 15.6. The number of hydrogen-bond donors (Lipinski definition) is 2. The van der Waals surface area contributed by atoms with E-state index in [1.807, 2.05) is 66.1 Å². The largest absolute Gasteiger partial charge is 0.356 e. The first kappa shape index (κ1) is 18.6. The summed E-state index contributed by atoms with van der Waals surface area (Å²) in [4.78, 5) is 28.4. The summed E-state index contributed by atoms with van der Waals surface area (Å²) in [7, 11) is 0. The van der Waals surface area contributed by atoms with Gasteiger partial charge in [-0.1, -0.05) is 42.5 Å². The third-order valence-corrected chi connectivity index (χ3v) is 4.43. The normalized spacial score (nSPS) is 11.9. The fraction of sp³-hybridized carbons (Fsp3) is 0.286. The SMILES string of the molecule is CC(=O)NCCc1nc2ccccc2n1CC(=O)NC(C)c1ccccc1. The van der Waals surface area contributed by atoms with Crippen molar-refractivity contribution in [2.24, 2.45) is 0 Å². The van der Waals surface area contributed by atoms with Crippen molar-refractivity contribution in [3.63, 3.8) is 0 Å². The van der Waals surface area contributed by atoms with Gasteiger partial charge in [-0.15, -0.1) is 0 Å². The Morgan fingerprint density at radius 1 is 1.07 bits per heavy atom. The zero-order chi connectivity index (χ0) is 19.2. The minimum Gasteiger partial charge on any atom is -0.356 e. The molecule has 0 spiro atoms. The van der Waals surface area contributed by atoms with E-state index in [1.54, 1.807) is 0 Å². The minimum absolute atomic E-state index is 0.0729. The summed E-state index contributed by atoms with van der Waals surface area (Å²) < 4.78 is 1.92. The maximum atomic E-state index is 12.6. The van der Waals surface area contributed by atoms with Gasteiger partial charge in [-0.3, -0.25) is 9.59 Å². The van der Waals surface area contributed by atoms with Crippen LogP contribution in [0.3, 0.4) is 0 Å². The van der Waals surface area contributed by atoms with Gasteiger partial charge in [0.1, 0.15) is 12.4 Å². The summed E-state index contributed by atoms with van der Waals surface area (Å²) in [6, 6.07) is 17.5. The van der Waals surface area contributed by atoms with Gasteiger partial charge < -0.3 is 15.2 Å². The van der Waals surface area contributed by atoms with Crippen molar-refractivity contribution in [2.45, 2.75) is 32.9 Å². The highest BCUT2D eigenvalue weighted by Crippen LogP contribution is 2.17. The fourth-order valence-corrected chi connectivity index (χ4v) is 3.10.